The molecule has 0 saturated heterocycles. The summed E-state index contributed by atoms with van der Waals surface area (Å²) in [6, 6.07) is 0. The highest BCUT2D eigenvalue weighted by Gasteiger charge is 2.22. The van der Waals surface area contributed by atoms with Gasteiger partial charge in [0.2, 0.25) is 0 Å². The van der Waals surface area contributed by atoms with Crippen molar-refractivity contribution in [3.05, 3.63) is 26.4 Å². The summed E-state index contributed by atoms with van der Waals surface area (Å²) >= 11 is 8.40. The van der Waals surface area contributed by atoms with Gasteiger partial charge in [-0.1, -0.05) is 12.2 Å². The summed E-state index contributed by atoms with van der Waals surface area (Å²) in [6.07, 6.45) is 3.20. The van der Waals surface area contributed by atoms with Crippen molar-refractivity contribution in [2.45, 2.75) is 12.8 Å². The fourth-order valence-corrected chi connectivity index (χ4v) is 2.25. The predicted octanol–water partition coefficient (Wildman–Crippen LogP) is 2.64. The van der Waals surface area contributed by atoms with Crippen LogP contribution in [0, 0.1) is 4.64 Å². The lowest BCUT2D eigenvalue weighted by Gasteiger charge is -1.99. The van der Waals surface area contributed by atoms with Gasteiger partial charge in [0.05, 0.1) is 5.56 Å². The Kier molecular flexibility index (Phi) is 1.88. The highest BCUT2D eigenvalue weighted by Crippen LogP contribution is 2.28. The first-order valence-electron chi connectivity index (χ1n) is 3.63. The van der Waals surface area contributed by atoms with Crippen LogP contribution in [-0.2, 0) is 6.42 Å². The van der Waals surface area contributed by atoms with Crippen molar-refractivity contribution in [3.8, 4) is 0 Å². The molecule has 12 heavy (non-hydrogen) atoms. The van der Waals surface area contributed by atoms with Gasteiger partial charge in [0.1, 0.15) is 4.64 Å². The van der Waals surface area contributed by atoms with Crippen molar-refractivity contribution in [3.63, 3.8) is 0 Å². The first-order valence-corrected chi connectivity index (χ1v) is 4.83. The Morgan fingerprint density at radius 2 is 2.25 bits per heavy atom. The highest BCUT2D eigenvalue weighted by atomic mass is 79.9. The summed E-state index contributed by atoms with van der Waals surface area (Å²) in [5, 5.41) is 0. The molecule has 2 rings (SSSR count). The van der Waals surface area contributed by atoms with Gasteiger partial charge in [-0.3, -0.25) is 4.79 Å². The van der Waals surface area contributed by atoms with E-state index in [0.29, 0.717) is 16.6 Å². The Bertz CT molecular complexity index is 410. The first kappa shape index (κ1) is 8.13. The quantitative estimate of drug-likeness (QED) is 0.711. The molecule has 0 spiro atoms. The Morgan fingerprint density at radius 3 is 2.92 bits per heavy atom. The third-order valence-electron chi connectivity index (χ3n) is 2.03. The normalized spacial score (nSPS) is 14.9. The molecule has 1 aromatic rings. The molecule has 1 aliphatic rings. The Morgan fingerprint density at radius 1 is 1.50 bits per heavy atom. The third-order valence-corrected chi connectivity index (χ3v) is 3.06. The number of ketones is 1. The van der Waals surface area contributed by atoms with E-state index in [9.17, 15) is 4.79 Å². The molecular formula is C8H6BrNOS. The molecule has 2 nitrogen and oxygen atoms in total. The van der Waals surface area contributed by atoms with Crippen LogP contribution in [-0.4, -0.2) is 10.8 Å². The number of hydrogen-bond acceptors (Lipinski definition) is 2. The average molecular weight is 244 g/mol. The monoisotopic (exact) mass is 243 g/mol. The van der Waals surface area contributed by atoms with Gasteiger partial charge < -0.3 is 4.98 Å². The summed E-state index contributed by atoms with van der Waals surface area (Å²) in [5.41, 5.74) is 1.77. The maximum absolute atomic E-state index is 11.3. The van der Waals surface area contributed by atoms with E-state index in [4.69, 9.17) is 12.2 Å². The lowest BCUT2D eigenvalue weighted by molar-refractivity contribution is 0.0994. The number of carbonyl (C=O) groups excluding carboxylic acids is 1. The van der Waals surface area contributed by atoms with Crippen molar-refractivity contribution in [1.29, 1.82) is 0 Å². The second-order valence-electron chi connectivity index (χ2n) is 2.74. The number of hydrogen-bond donors (Lipinski definition) is 1. The van der Waals surface area contributed by atoms with Gasteiger partial charge in [-0.2, -0.15) is 0 Å². The SMILES string of the molecule is O=C1CCc2c(Br)c[nH]c(=S)c21. The maximum atomic E-state index is 11.3. The second-order valence-corrected chi connectivity index (χ2v) is 4.01. The highest BCUT2D eigenvalue weighted by molar-refractivity contribution is 9.10. The Hall–Kier alpha value is -0.480. The van der Waals surface area contributed by atoms with Crippen LogP contribution in [0.25, 0.3) is 0 Å². The largest absolute Gasteiger partial charge is 0.351 e. The number of halogens is 1. The van der Waals surface area contributed by atoms with Crippen LogP contribution in [0.4, 0.5) is 0 Å². The van der Waals surface area contributed by atoms with Gasteiger partial charge in [-0.15, -0.1) is 0 Å². The molecule has 0 fully saturated rings. The Labute approximate surface area is 83.1 Å². The molecule has 62 valence electrons. The number of aromatic amines is 1. The molecule has 1 aliphatic carbocycles. The third kappa shape index (κ3) is 1.06. The zero-order valence-corrected chi connectivity index (χ0v) is 8.59. The molecule has 1 heterocycles. The first-order chi connectivity index (χ1) is 5.70. The van der Waals surface area contributed by atoms with Crippen LogP contribution in [0.5, 0.6) is 0 Å². The van der Waals surface area contributed by atoms with Crippen LogP contribution in [0.15, 0.2) is 10.7 Å². The lowest BCUT2D eigenvalue weighted by Crippen LogP contribution is -1.94. The molecule has 4 heteroatoms. The van der Waals surface area contributed by atoms with E-state index in [1.165, 1.54) is 0 Å². The van der Waals surface area contributed by atoms with Crippen molar-refractivity contribution in [2.24, 2.45) is 0 Å². The maximum Gasteiger partial charge on any atom is 0.166 e. The van der Waals surface area contributed by atoms with Crippen LogP contribution in [0.3, 0.4) is 0 Å². The van der Waals surface area contributed by atoms with Crippen LogP contribution < -0.4 is 0 Å². The number of carbonyl (C=O) groups is 1. The van der Waals surface area contributed by atoms with E-state index in [2.05, 4.69) is 20.9 Å². The molecule has 0 aromatic carbocycles. The zero-order valence-electron chi connectivity index (χ0n) is 6.19. The van der Waals surface area contributed by atoms with Gasteiger partial charge in [0.15, 0.2) is 5.78 Å². The van der Waals surface area contributed by atoms with Gasteiger partial charge >= 0.3 is 0 Å². The standard InChI is InChI=1S/C8H6BrNOS/c9-5-3-10-8(12)7-4(5)1-2-6(7)11/h3H,1-2H2,(H,10,12). The minimum atomic E-state index is 0.160. The Balaban J connectivity index is 2.81. The number of rotatable bonds is 0. The van der Waals surface area contributed by atoms with E-state index < -0.39 is 0 Å². The second kappa shape index (κ2) is 2.78. The minimum Gasteiger partial charge on any atom is -0.351 e. The topological polar surface area (TPSA) is 32.9 Å². The molecule has 0 unspecified atom stereocenters. The number of nitrogens with one attached hydrogen (secondary N) is 1. The molecule has 0 saturated carbocycles. The van der Waals surface area contributed by atoms with E-state index in [1.54, 1.807) is 6.20 Å². The smallest absolute Gasteiger partial charge is 0.166 e. The zero-order chi connectivity index (χ0) is 8.72. The van der Waals surface area contributed by atoms with Crippen molar-refractivity contribution < 1.29 is 4.79 Å². The van der Waals surface area contributed by atoms with Crippen LogP contribution >= 0.6 is 28.1 Å². The summed E-state index contributed by atoms with van der Waals surface area (Å²) in [4.78, 5) is 14.2. The summed E-state index contributed by atoms with van der Waals surface area (Å²) in [5.74, 6) is 0.160. The van der Waals surface area contributed by atoms with E-state index in [-0.39, 0.29) is 5.78 Å². The van der Waals surface area contributed by atoms with Crippen molar-refractivity contribution >= 4 is 33.9 Å². The van der Waals surface area contributed by atoms with Gasteiger partial charge in [-0.05, 0) is 27.9 Å². The minimum absolute atomic E-state index is 0.160. The molecule has 0 radical (unpaired) electrons. The molecule has 0 atom stereocenters. The number of fused-ring (bicyclic) bond motifs is 1. The molecular weight excluding hydrogens is 238 g/mol. The number of pyridine rings is 1. The fraction of sp³-hybridized carbons (Fsp3) is 0.250. The van der Waals surface area contributed by atoms with Crippen LogP contribution in [0.1, 0.15) is 22.3 Å². The van der Waals surface area contributed by atoms with E-state index in [0.717, 1.165) is 16.5 Å². The molecule has 0 amide bonds. The van der Waals surface area contributed by atoms with E-state index in [1.807, 2.05) is 0 Å². The fourth-order valence-electron chi connectivity index (χ4n) is 1.45. The summed E-state index contributed by atoms with van der Waals surface area (Å²) < 4.78 is 1.52. The van der Waals surface area contributed by atoms with Gasteiger partial charge in [-0.25, -0.2) is 0 Å². The van der Waals surface area contributed by atoms with Gasteiger partial charge in [0, 0.05) is 17.1 Å². The molecule has 1 aromatic heterocycles. The van der Waals surface area contributed by atoms with Crippen LogP contribution in [0.2, 0.25) is 0 Å². The van der Waals surface area contributed by atoms with E-state index >= 15 is 0 Å². The summed E-state index contributed by atoms with van der Waals surface area (Å²) in [7, 11) is 0. The summed E-state index contributed by atoms with van der Waals surface area (Å²) in [6.45, 7) is 0. The average Bonchev–Trinajstić information content (AvgIpc) is 2.42. The number of Topliss-reactive ketones (excluding diaryl/α,β-unsaturated/α-hetero) is 1. The molecule has 1 N–H and O–H groups in total. The molecule has 0 bridgehead atoms. The number of H-pyrrole nitrogens is 1. The van der Waals surface area contributed by atoms with Gasteiger partial charge in [0.25, 0.3) is 0 Å². The molecule has 0 aliphatic heterocycles. The van der Waals surface area contributed by atoms with Crippen molar-refractivity contribution in [1.82, 2.24) is 4.98 Å². The number of aromatic nitrogens is 1. The predicted molar refractivity (Wildman–Crippen MR) is 52.0 cm³/mol. The lowest BCUT2D eigenvalue weighted by atomic mass is 10.2. The van der Waals surface area contributed by atoms with Crippen molar-refractivity contribution in [2.75, 3.05) is 0 Å².